The van der Waals surface area contributed by atoms with Gasteiger partial charge < -0.3 is 0 Å². The summed E-state index contributed by atoms with van der Waals surface area (Å²) in [6.07, 6.45) is 4.74. The summed E-state index contributed by atoms with van der Waals surface area (Å²) in [5, 5.41) is 0. The highest BCUT2D eigenvalue weighted by atomic mass is 79.9. The number of allylic oxidation sites excluding steroid dienone is 1. The highest BCUT2D eigenvalue weighted by Crippen LogP contribution is 2.12. The van der Waals surface area contributed by atoms with E-state index in [0.717, 1.165) is 10.0 Å². The fraction of sp³-hybridized carbons (Fsp3) is 0. The zero-order chi connectivity index (χ0) is 8.10. The van der Waals surface area contributed by atoms with Gasteiger partial charge in [-0.05, 0) is 23.8 Å². The molecule has 0 atom stereocenters. The van der Waals surface area contributed by atoms with Gasteiger partial charge >= 0.3 is 0 Å². The Balaban J connectivity index is 2.87. The summed E-state index contributed by atoms with van der Waals surface area (Å²) < 4.78 is 1.01. The summed E-state index contributed by atoms with van der Waals surface area (Å²) in [6.45, 7) is 0. The van der Waals surface area contributed by atoms with E-state index in [0.29, 0.717) is 0 Å². The second-order valence-electron chi connectivity index (χ2n) is 2.01. The monoisotopic (exact) mass is 209 g/mol. The van der Waals surface area contributed by atoms with Gasteiger partial charge in [-0.2, -0.15) is 0 Å². The average Bonchev–Trinajstić information content (AvgIpc) is 2.01. The Labute approximate surface area is 73.9 Å². The van der Waals surface area contributed by atoms with Gasteiger partial charge in [0.05, 0.1) is 0 Å². The van der Waals surface area contributed by atoms with Crippen molar-refractivity contribution in [3.8, 4) is 0 Å². The zero-order valence-corrected chi connectivity index (χ0v) is 7.34. The van der Waals surface area contributed by atoms with Crippen LogP contribution in [0.2, 0.25) is 0 Å². The van der Waals surface area contributed by atoms with Crippen molar-refractivity contribution in [2.24, 2.45) is 0 Å². The van der Waals surface area contributed by atoms with E-state index in [1.54, 1.807) is 12.4 Å². The summed E-state index contributed by atoms with van der Waals surface area (Å²) >= 11 is 3.32. The molecule has 0 unspecified atom stereocenters. The second kappa shape index (κ2) is 4.09. The first-order valence-electron chi connectivity index (χ1n) is 3.13. The molecule has 0 aromatic heterocycles. The van der Waals surface area contributed by atoms with E-state index in [4.69, 9.17) is 0 Å². The summed E-state index contributed by atoms with van der Waals surface area (Å²) in [5.74, 6) is 0. The highest BCUT2D eigenvalue weighted by molar-refractivity contribution is 9.10. The Hall–Kier alpha value is -0.890. The lowest BCUT2D eigenvalue weighted by Gasteiger charge is -1.91. The molecule has 1 aromatic rings. The van der Waals surface area contributed by atoms with E-state index in [-0.39, 0.29) is 0 Å². The van der Waals surface area contributed by atoms with Gasteiger partial charge in [-0.25, -0.2) is 0 Å². The lowest BCUT2D eigenvalue weighted by Crippen LogP contribution is -1.70. The van der Waals surface area contributed by atoms with Gasteiger partial charge in [0.2, 0.25) is 6.29 Å². The van der Waals surface area contributed by atoms with Crippen LogP contribution in [0.15, 0.2) is 34.8 Å². The van der Waals surface area contributed by atoms with Gasteiger partial charge in [0.15, 0.2) is 0 Å². The predicted octanol–water partition coefficient (Wildman–Crippen LogP) is 2.57. The fourth-order valence-corrected chi connectivity index (χ4v) is 1.16. The molecule has 55 valence electrons. The molecule has 0 saturated carbocycles. The third-order valence-electron chi connectivity index (χ3n) is 1.19. The number of rotatable bonds is 2. The van der Waals surface area contributed by atoms with Crippen LogP contribution in [0.1, 0.15) is 5.56 Å². The van der Waals surface area contributed by atoms with E-state index < -0.39 is 0 Å². The van der Waals surface area contributed by atoms with Crippen LogP contribution in [-0.4, -0.2) is 6.29 Å². The summed E-state index contributed by atoms with van der Waals surface area (Å²) in [6, 6.07) is 7.68. The Morgan fingerprint density at radius 3 is 2.91 bits per heavy atom. The molecule has 0 aliphatic heterocycles. The zero-order valence-electron chi connectivity index (χ0n) is 5.75. The summed E-state index contributed by atoms with van der Waals surface area (Å²) in [5.41, 5.74) is 0.989. The van der Waals surface area contributed by atoms with Crippen LogP contribution < -0.4 is 0 Å². The Bertz CT molecular complexity index is 279. The maximum atomic E-state index is 9.84. The average molecular weight is 210 g/mol. The van der Waals surface area contributed by atoms with E-state index >= 15 is 0 Å². The van der Waals surface area contributed by atoms with Crippen LogP contribution in [0, 0.1) is 0 Å². The predicted molar refractivity (Wildman–Crippen MR) is 48.9 cm³/mol. The van der Waals surface area contributed by atoms with E-state index in [1.165, 1.54) is 6.08 Å². The van der Waals surface area contributed by atoms with Crippen LogP contribution >= 0.6 is 15.9 Å². The molecule has 1 radical (unpaired) electrons. The molecule has 0 heterocycles. The Kier molecular flexibility index (Phi) is 3.05. The first-order chi connectivity index (χ1) is 5.33. The summed E-state index contributed by atoms with van der Waals surface area (Å²) in [7, 11) is 0. The number of halogens is 1. The molecular weight excluding hydrogens is 204 g/mol. The number of hydrogen-bond donors (Lipinski definition) is 0. The van der Waals surface area contributed by atoms with Crippen LogP contribution in [-0.2, 0) is 4.79 Å². The molecule has 1 rings (SSSR count). The quantitative estimate of drug-likeness (QED) is 0.685. The van der Waals surface area contributed by atoms with Gasteiger partial charge in [-0.15, -0.1) is 0 Å². The number of benzene rings is 1. The Morgan fingerprint density at radius 1 is 1.45 bits per heavy atom. The molecular formula is C9H6BrO. The number of hydrogen-bond acceptors (Lipinski definition) is 1. The van der Waals surface area contributed by atoms with E-state index in [1.807, 2.05) is 24.3 Å². The van der Waals surface area contributed by atoms with Crippen molar-refractivity contribution in [3.05, 3.63) is 40.4 Å². The van der Waals surface area contributed by atoms with Gasteiger partial charge in [0, 0.05) is 4.47 Å². The molecule has 0 fully saturated rings. The molecule has 0 aliphatic rings. The van der Waals surface area contributed by atoms with Crippen molar-refractivity contribution < 1.29 is 4.79 Å². The molecule has 0 amide bonds. The minimum atomic E-state index is 0.989. The molecule has 0 bridgehead atoms. The molecule has 1 aromatic carbocycles. The van der Waals surface area contributed by atoms with Crippen LogP contribution in [0.3, 0.4) is 0 Å². The first-order valence-corrected chi connectivity index (χ1v) is 3.92. The van der Waals surface area contributed by atoms with Gasteiger partial charge in [-0.3, -0.25) is 4.79 Å². The lowest BCUT2D eigenvalue weighted by molar-refractivity contribution is 0.564. The first kappa shape index (κ1) is 8.21. The van der Waals surface area contributed by atoms with Crippen molar-refractivity contribution in [1.29, 1.82) is 0 Å². The SMILES string of the molecule is O=[C]C=Cc1cccc(Br)c1. The normalized spacial score (nSPS) is 10.3. The van der Waals surface area contributed by atoms with Crippen molar-refractivity contribution in [1.82, 2.24) is 0 Å². The third kappa shape index (κ3) is 2.68. The van der Waals surface area contributed by atoms with Crippen molar-refractivity contribution >= 4 is 28.3 Å². The maximum absolute atomic E-state index is 9.84. The topological polar surface area (TPSA) is 17.1 Å². The molecule has 0 N–H and O–H groups in total. The van der Waals surface area contributed by atoms with Crippen LogP contribution in [0.4, 0.5) is 0 Å². The van der Waals surface area contributed by atoms with Gasteiger partial charge in [0.25, 0.3) is 0 Å². The molecule has 1 nitrogen and oxygen atoms in total. The van der Waals surface area contributed by atoms with Gasteiger partial charge in [-0.1, -0.05) is 34.1 Å². The molecule has 11 heavy (non-hydrogen) atoms. The van der Waals surface area contributed by atoms with Crippen LogP contribution in [0.5, 0.6) is 0 Å². The van der Waals surface area contributed by atoms with Crippen molar-refractivity contribution in [2.75, 3.05) is 0 Å². The minimum Gasteiger partial charge on any atom is -0.286 e. The molecule has 0 aliphatic carbocycles. The van der Waals surface area contributed by atoms with Crippen LogP contribution in [0.25, 0.3) is 6.08 Å². The highest BCUT2D eigenvalue weighted by Gasteiger charge is 1.86. The summed E-state index contributed by atoms with van der Waals surface area (Å²) in [4.78, 5) is 9.84. The smallest absolute Gasteiger partial charge is 0.225 e. The van der Waals surface area contributed by atoms with E-state index in [9.17, 15) is 4.79 Å². The van der Waals surface area contributed by atoms with Gasteiger partial charge in [0.1, 0.15) is 0 Å². The molecule has 0 saturated heterocycles. The van der Waals surface area contributed by atoms with Crippen molar-refractivity contribution in [2.45, 2.75) is 0 Å². The largest absolute Gasteiger partial charge is 0.286 e. The maximum Gasteiger partial charge on any atom is 0.225 e. The lowest BCUT2D eigenvalue weighted by atomic mass is 10.2. The molecule has 0 spiro atoms. The standard InChI is InChI=1S/C9H6BrO/c10-9-5-1-3-8(7-9)4-2-6-11/h1-5,7H. The Morgan fingerprint density at radius 2 is 2.27 bits per heavy atom. The minimum absolute atomic E-state index is 0.989. The third-order valence-corrected chi connectivity index (χ3v) is 1.69. The number of carbonyl (C=O) groups excluding carboxylic acids is 1. The van der Waals surface area contributed by atoms with E-state index in [2.05, 4.69) is 15.9 Å². The van der Waals surface area contributed by atoms with Crippen molar-refractivity contribution in [3.63, 3.8) is 0 Å². The molecule has 2 heteroatoms. The second-order valence-corrected chi connectivity index (χ2v) is 2.92. The fourth-order valence-electron chi connectivity index (χ4n) is 0.741.